The number of nitrogens with one attached hydrogen (secondary N) is 1. The SMILES string of the molecule is O=C(NN1CCOCC1)[C@@H]1CCC2CN1C(=O)N2OS(=O)(=O)O. The van der Waals surface area contributed by atoms with Crippen LogP contribution < -0.4 is 5.43 Å². The normalized spacial score (nSPS) is 29.0. The van der Waals surface area contributed by atoms with Gasteiger partial charge in [-0.1, -0.05) is 0 Å². The minimum absolute atomic E-state index is 0.176. The molecule has 0 aliphatic carbocycles. The van der Waals surface area contributed by atoms with Gasteiger partial charge in [0, 0.05) is 19.6 Å². The van der Waals surface area contributed by atoms with Crippen LogP contribution in [-0.2, 0) is 24.2 Å². The fourth-order valence-corrected chi connectivity index (χ4v) is 3.40. The van der Waals surface area contributed by atoms with Crippen molar-refractivity contribution < 1.29 is 31.6 Å². The molecule has 3 rings (SSSR count). The lowest BCUT2D eigenvalue weighted by atomic mass is 10.0. The first-order valence-corrected chi connectivity index (χ1v) is 8.62. The largest absolute Gasteiger partial charge is 0.418 e. The third-order valence-electron chi connectivity index (χ3n) is 4.08. The third kappa shape index (κ3) is 3.55. The molecule has 0 aromatic heterocycles. The van der Waals surface area contributed by atoms with Crippen molar-refractivity contribution in [3.63, 3.8) is 0 Å². The molecule has 0 aromatic carbocycles. The molecule has 0 aromatic rings. The van der Waals surface area contributed by atoms with Crippen LogP contribution in [0.4, 0.5) is 4.79 Å². The maximum absolute atomic E-state index is 12.4. The number of piperidine rings is 1. The van der Waals surface area contributed by atoms with Crippen molar-refractivity contribution in [2.75, 3.05) is 32.8 Å². The summed E-state index contributed by atoms with van der Waals surface area (Å²) in [5, 5.41) is 2.35. The minimum Gasteiger partial charge on any atom is -0.379 e. The highest BCUT2D eigenvalue weighted by Crippen LogP contribution is 2.30. The van der Waals surface area contributed by atoms with E-state index in [-0.39, 0.29) is 12.5 Å². The Morgan fingerprint density at radius 1 is 1.30 bits per heavy atom. The number of amides is 3. The van der Waals surface area contributed by atoms with Crippen LogP contribution in [0.3, 0.4) is 0 Å². The number of hydrogen-bond donors (Lipinski definition) is 2. The number of carbonyl (C=O) groups excluding carboxylic acids is 2. The van der Waals surface area contributed by atoms with Crippen molar-refractivity contribution in [1.82, 2.24) is 20.4 Å². The van der Waals surface area contributed by atoms with Gasteiger partial charge in [0.15, 0.2) is 0 Å². The number of morpholine rings is 1. The number of carbonyl (C=O) groups is 2. The molecule has 2 N–H and O–H groups in total. The van der Waals surface area contributed by atoms with E-state index in [1.165, 1.54) is 4.90 Å². The Morgan fingerprint density at radius 2 is 2.00 bits per heavy atom. The second kappa shape index (κ2) is 6.20. The Bertz CT molecular complexity index is 591. The summed E-state index contributed by atoms with van der Waals surface area (Å²) in [7, 11) is -4.78. The van der Waals surface area contributed by atoms with E-state index >= 15 is 0 Å². The van der Waals surface area contributed by atoms with Crippen LogP contribution >= 0.6 is 0 Å². The number of hydrogen-bond acceptors (Lipinski definition) is 7. The molecule has 12 heteroatoms. The smallest absolute Gasteiger partial charge is 0.379 e. The summed E-state index contributed by atoms with van der Waals surface area (Å²) in [6.07, 6.45) is 0.789. The van der Waals surface area contributed by atoms with E-state index in [1.54, 1.807) is 5.01 Å². The molecule has 1 unspecified atom stereocenters. The summed E-state index contributed by atoms with van der Waals surface area (Å²) in [4.78, 5) is 25.8. The van der Waals surface area contributed by atoms with E-state index < -0.39 is 28.5 Å². The molecule has 0 spiro atoms. The van der Waals surface area contributed by atoms with E-state index in [4.69, 9.17) is 9.29 Å². The van der Waals surface area contributed by atoms with E-state index in [0.717, 1.165) is 0 Å². The van der Waals surface area contributed by atoms with E-state index in [9.17, 15) is 18.0 Å². The molecule has 11 nitrogen and oxygen atoms in total. The molecule has 3 saturated heterocycles. The van der Waals surface area contributed by atoms with Crippen LogP contribution in [0.5, 0.6) is 0 Å². The van der Waals surface area contributed by atoms with Crippen LogP contribution in [0, 0.1) is 0 Å². The molecule has 3 amide bonds. The standard InChI is InChI=1S/C11H18N4O7S/c16-10(12-13-3-5-21-6-4-13)9-2-1-8-7-14(9)11(17)15(8)22-23(18,19)20/h8-9H,1-7H2,(H,12,16)(H,18,19,20)/t8?,9-/m0/s1. The van der Waals surface area contributed by atoms with Crippen molar-refractivity contribution in [3.8, 4) is 0 Å². The first-order chi connectivity index (χ1) is 10.8. The second-order valence-corrected chi connectivity index (χ2v) is 6.59. The molecule has 3 aliphatic heterocycles. The van der Waals surface area contributed by atoms with Gasteiger partial charge in [-0.2, -0.15) is 13.5 Å². The number of rotatable bonds is 4. The number of urea groups is 1. The highest BCUT2D eigenvalue weighted by atomic mass is 32.3. The van der Waals surface area contributed by atoms with Gasteiger partial charge in [0.1, 0.15) is 6.04 Å². The van der Waals surface area contributed by atoms with E-state index in [1.807, 2.05) is 0 Å². The fourth-order valence-electron chi connectivity index (χ4n) is 3.01. The fraction of sp³-hybridized carbons (Fsp3) is 0.818. The molecule has 3 heterocycles. The highest BCUT2D eigenvalue weighted by molar-refractivity contribution is 7.80. The average molecular weight is 350 g/mol. The summed E-state index contributed by atoms with van der Waals surface area (Å²) in [6.45, 7) is 2.34. The molecule has 2 bridgehead atoms. The van der Waals surface area contributed by atoms with Gasteiger partial charge in [0.2, 0.25) is 0 Å². The van der Waals surface area contributed by atoms with Gasteiger partial charge in [-0.05, 0) is 12.8 Å². The van der Waals surface area contributed by atoms with Crippen molar-refractivity contribution in [3.05, 3.63) is 0 Å². The predicted molar refractivity (Wildman–Crippen MR) is 73.9 cm³/mol. The Hall–Kier alpha value is -1.47. The lowest BCUT2D eigenvalue weighted by molar-refractivity contribution is -0.133. The van der Waals surface area contributed by atoms with Gasteiger partial charge >= 0.3 is 16.4 Å². The first kappa shape index (κ1) is 16.4. The van der Waals surface area contributed by atoms with Crippen LogP contribution in [0.25, 0.3) is 0 Å². The van der Waals surface area contributed by atoms with Gasteiger partial charge in [0.05, 0.1) is 19.3 Å². The summed E-state index contributed by atoms with van der Waals surface area (Å²) < 4.78 is 39.9. The average Bonchev–Trinajstić information content (AvgIpc) is 2.72. The zero-order valence-electron chi connectivity index (χ0n) is 12.3. The zero-order valence-corrected chi connectivity index (χ0v) is 13.1. The highest BCUT2D eigenvalue weighted by Gasteiger charge is 2.49. The summed E-state index contributed by atoms with van der Waals surface area (Å²) in [5.74, 6) is -0.326. The molecule has 3 fully saturated rings. The van der Waals surface area contributed by atoms with Crippen LogP contribution in [0.2, 0.25) is 0 Å². The van der Waals surface area contributed by atoms with Gasteiger partial charge in [-0.3, -0.25) is 14.8 Å². The molecule has 23 heavy (non-hydrogen) atoms. The van der Waals surface area contributed by atoms with Gasteiger partial charge < -0.3 is 9.64 Å². The minimum atomic E-state index is -4.78. The topological polar surface area (TPSA) is 129 Å². The summed E-state index contributed by atoms with van der Waals surface area (Å²) in [5.41, 5.74) is 2.75. The predicted octanol–water partition coefficient (Wildman–Crippen LogP) is -1.65. The van der Waals surface area contributed by atoms with Crippen molar-refractivity contribution >= 4 is 22.3 Å². The zero-order chi connectivity index (χ0) is 16.6. The molecule has 3 aliphatic rings. The van der Waals surface area contributed by atoms with Gasteiger partial charge in [0.25, 0.3) is 5.91 Å². The lowest BCUT2D eigenvalue weighted by Crippen LogP contribution is -2.56. The van der Waals surface area contributed by atoms with Gasteiger partial charge in [-0.15, -0.1) is 4.28 Å². The molecular formula is C11H18N4O7S. The number of hydroxylamine groups is 2. The monoisotopic (exact) mass is 350 g/mol. The molecule has 2 atom stereocenters. The molecule has 0 radical (unpaired) electrons. The third-order valence-corrected chi connectivity index (χ3v) is 4.43. The Kier molecular flexibility index (Phi) is 4.42. The maximum Gasteiger partial charge on any atom is 0.418 e. The van der Waals surface area contributed by atoms with Crippen LogP contribution in [0.1, 0.15) is 12.8 Å². The molecule has 0 saturated carbocycles. The summed E-state index contributed by atoms with van der Waals surface area (Å²) in [6, 6.07) is -1.94. The lowest BCUT2D eigenvalue weighted by Gasteiger charge is -2.33. The Balaban J connectivity index is 1.64. The molecule has 130 valence electrons. The Morgan fingerprint density at radius 3 is 2.65 bits per heavy atom. The summed E-state index contributed by atoms with van der Waals surface area (Å²) >= 11 is 0. The van der Waals surface area contributed by atoms with Crippen molar-refractivity contribution in [1.29, 1.82) is 0 Å². The van der Waals surface area contributed by atoms with E-state index in [0.29, 0.717) is 44.2 Å². The number of ether oxygens (including phenoxy) is 1. The number of fused-ring (bicyclic) bond motifs is 2. The van der Waals surface area contributed by atoms with Gasteiger partial charge in [-0.25, -0.2) is 9.80 Å². The van der Waals surface area contributed by atoms with E-state index in [2.05, 4.69) is 9.71 Å². The number of hydrazine groups is 1. The second-order valence-electron chi connectivity index (χ2n) is 5.59. The molecular weight excluding hydrogens is 332 g/mol. The Labute approximate surface area is 133 Å². The van der Waals surface area contributed by atoms with Crippen molar-refractivity contribution in [2.45, 2.75) is 24.9 Å². The van der Waals surface area contributed by atoms with Crippen LogP contribution in [-0.4, -0.2) is 84.8 Å². The maximum atomic E-state index is 12.4. The van der Waals surface area contributed by atoms with Crippen LogP contribution in [0.15, 0.2) is 0 Å². The van der Waals surface area contributed by atoms with Crippen molar-refractivity contribution in [2.24, 2.45) is 0 Å². The first-order valence-electron chi connectivity index (χ1n) is 7.25. The number of nitrogens with zero attached hydrogens (tertiary/aromatic N) is 3. The quantitative estimate of drug-likeness (QED) is 0.577.